The van der Waals surface area contributed by atoms with Crippen molar-refractivity contribution in [2.75, 3.05) is 32.1 Å². The molecule has 0 aliphatic carbocycles. The van der Waals surface area contributed by atoms with Crippen LogP contribution in [0.4, 0.5) is 10.5 Å². The molecule has 1 rings (SSSR count). The Bertz CT molecular complexity index is 480. The van der Waals surface area contributed by atoms with E-state index in [1.165, 1.54) is 0 Å². The lowest BCUT2D eigenvalue weighted by Crippen LogP contribution is -2.39. The number of ether oxygens (including phenoxy) is 1. The highest BCUT2D eigenvalue weighted by atomic mass is 16.5. The van der Waals surface area contributed by atoms with Gasteiger partial charge >= 0.3 is 6.03 Å². The zero-order chi connectivity index (χ0) is 15.0. The number of nitrogens with zero attached hydrogens (tertiary/aromatic N) is 2. The minimum Gasteiger partial charge on any atom is -0.383 e. The van der Waals surface area contributed by atoms with Gasteiger partial charge in [0.25, 0.3) is 0 Å². The molecule has 0 unspecified atom stereocenters. The lowest BCUT2D eigenvalue weighted by molar-refractivity contribution is 0.150. The van der Waals surface area contributed by atoms with Crippen LogP contribution >= 0.6 is 0 Å². The van der Waals surface area contributed by atoms with Gasteiger partial charge in [-0.2, -0.15) is 5.26 Å². The normalized spacial score (nSPS) is 10.2. The molecule has 2 amide bonds. The molecule has 0 saturated heterocycles. The highest BCUT2D eigenvalue weighted by Gasteiger charge is 2.14. The number of methoxy groups -OCH3 is 1. The Morgan fingerprint density at radius 2 is 2.25 bits per heavy atom. The van der Waals surface area contributed by atoms with Gasteiger partial charge in [0.15, 0.2) is 0 Å². The Kier molecular flexibility index (Phi) is 6.54. The molecule has 0 saturated carbocycles. The van der Waals surface area contributed by atoms with Crippen LogP contribution in [0.5, 0.6) is 0 Å². The van der Waals surface area contributed by atoms with Crippen molar-refractivity contribution in [1.29, 1.82) is 5.26 Å². The number of anilines is 1. The van der Waals surface area contributed by atoms with Crippen LogP contribution in [0.1, 0.15) is 19.4 Å². The zero-order valence-electron chi connectivity index (χ0n) is 12.2. The van der Waals surface area contributed by atoms with E-state index in [4.69, 9.17) is 10.00 Å². The lowest BCUT2D eigenvalue weighted by Gasteiger charge is -2.24. The van der Waals surface area contributed by atoms with Gasteiger partial charge in [0.2, 0.25) is 0 Å². The average Bonchev–Trinajstić information content (AvgIpc) is 2.43. The summed E-state index contributed by atoms with van der Waals surface area (Å²) in [6, 6.07) is 8.74. The summed E-state index contributed by atoms with van der Waals surface area (Å²) in [5.41, 5.74) is 1.15. The summed E-state index contributed by atoms with van der Waals surface area (Å²) in [4.78, 5) is 13.9. The van der Waals surface area contributed by atoms with Gasteiger partial charge in [-0.15, -0.1) is 0 Å². The smallest absolute Gasteiger partial charge is 0.321 e. The Morgan fingerprint density at radius 3 is 2.85 bits per heavy atom. The Labute approximate surface area is 120 Å². The maximum atomic E-state index is 12.2. The second-order valence-corrected chi connectivity index (χ2v) is 4.96. The van der Waals surface area contributed by atoms with Crippen LogP contribution in [0.3, 0.4) is 0 Å². The second-order valence-electron chi connectivity index (χ2n) is 4.96. The van der Waals surface area contributed by atoms with Gasteiger partial charge in [0.1, 0.15) is 0 Å². The predicted molar refractivity (Wildman–Crippen MR) is 78.5 cm³/mol. The monoisotopic (exact) mass is 275 g/mol. The molecule has 5 heteroatoms. The number of carbonyl (C=O) groups excluding carboxylic acids is 1. The average molecular weight is 275 g/mol. The summed E-state index contributed by atoms with van der Waals surface area (Å²) in [6.45, 7) is 5.82. The first kappa shape index (κ1) is 16.0. The number of benzene rings is 1. The van der Waals surface area contributed by atoms with E-state index in [0.29, 0.717) is 36.9 Å². The molecule has 1 N–H and O–H groups in total. The Balaban J connectivity index is 2.71. The third kappa shape index (κ3) is 5.29. The van der Waals surface area contributed by atoms with Gasteiger partial charge in [0, 0.05) is 25.9 Å². The van der Waals surface area contributed by atoms with E-state index in [1.54, 1.807) is 36.3 Å². The first-order valence-electron chi connectivity index (χ1n) is 6.62. The molecule has 0 aromatic heterocycles. The number of urea groups is 1. The van der Waals surface area contributed by atoms with Crippen molar-refractivity contribution in [1.82, 2.24) is 4.90 Å². The quantitative estimate of drug-likeness (QED) is 0.868. The number of hydrogen-bond donors (Lipinski definition) is 1. The van der Waals surface area contributed by atoms with E-state index in [1.807, 2.05) is 0 Å². The van der Waals surface area contributed by atoms with Crippen LogP contribution in [0.25, 0.3) is 0 Å². The summed E-state index contributed by atoms with van der Waals surface area (Å²) >= 11 is 0. The van der Waals surface area contributed by atoms with Crippen molar-refractivity contribution in [3.63, 3.8) is 0 Å². The molecular formula is C15H21N3O2. The van der Waals surface area contributed by atoms with Crippen LogP contribution in [-0.4, -0.2) is 37.7 Å². The molecule has 0 radical (unpaired) electrons. The molecule has 0 aliphatic heterocycles. The summed E-state index contributed by atoms with van der Waals surface area (Å²) in [5, 5.41) is 11.7. The topological polar surface area (TPSA) is 65.4 Å². The standard InChI is InChI=1S/C15H21N3O2/c1-12(2)11-18(7-8-20-3)15(19)17-14-6-4-5-13(9-14)10-16/h4-6,9,12H,7-8,11H2,1-3H3,(H,17,19). The molecule has 0 fully saturated rings. The van der Waals surface area contributed by atoms with Crippen LogP contribution in [0.2, 0.25) is 0 Å². The summed E-state index contributed by atoms with van der Waals surface area (Å²) in [6.07, 6.45) is 0. The van der Waals surface area contributed by atoms with E-state index in [0.717, 1.165) is 0 Å². The number of nitriles is 1. The maximum Gasteiger partial charge on any atom is 0.321 e. The molecule has 1 aromatic rings. The van der Waals surface area contributed by atoms with Crippen molar-refractivity contribution in [3.8, 4) is 6.07 Å². The molecule has 108 valence electrons. The minimum absolute atomic E-state index is 0.175. The van der Waals surface area contributed by atoms with Gasteiger partial charge < -0.3 is 15.0 Å². The van der Waals surface area contributed by atoms with Crippen LogP contribution in [0.15, 0.2) is 24.3 Å². The maximum absolute atomic E-state index is 12.2. The number of rotatable bonds is 6. The largest absolute Gasteiger partial charge is 0.383 e. The highest BCUT2D eigenvalue weighted by Crippen LogP contribution is 2.11. The van der Waals surface area contributed by atoms with Crippen LogP contribution in [0, 0.1) is 17.2 Å². The van der Waals surface area contributed by atoms with Crippen LogP contribution in [-0.2, 0) is 4.74 Å². The minimum atomic E-state index is -0.175. The SMILES string of the molecule is COCCN(CC(C)C)C(=O)Nc1cccc(C#N)c1. The van der Waals surface area contributed by atoms with Crippen molar-refractivity contribution in [3.05, 3.63) is 29.8 Å². The van der Waals surface area contributed by atoms with E-state index in [2.05, 4.69) is 25.2 Å². The van der Waals surface area contributed by atoms with Crippen molar-refractivity contribution in [2.45, 2.75) is 13.8 Å². The summed E-state index contributed by atoms with van der Waals surface area (Å²) in [5.74, 6) is 0.378. The fourth-order valence-electron chi connectivity index (χ4n) is 1.79. The van der Waals surface area contributed by atoms with Gasteiger partial charge in [-0.3, -0.25) is 0 Å². The van der Waals surface area contributed by atoms with Gasteiger partial charge in [-0.05, 0) is 24.1 Å². The van der Waals surface area contributed by atoms with Crippen LogP contribution < -0.4 is 5.32 Å². The van der Waals surface area contributed by atoms with E-state index < -0.39 is 0 Å². The molecule has 0 bridgehead atoms. The number of carbonyl (C=O) groups is 1. The molecular weight excluding hydrogens is 254 g/mol. The zero-order valence-corrected chi connectivity index (χ0v) is 12.2. The Morgan fingerprint density at radius 1 is 1.50 bits per heavy atom. The molecule has 1 aromatic carbocycles. The number of nitrogens with one attached hydrogen (secondary N) is 1. The third-order valence-corrected chi connectivity index (χ3v) is 2.68. The molecule has 5 nitrogen and oxygen atoms in total. The Hall–Kier alpha value is -2.06. The highest BCUT2D eigenvalue weighted by molar-refractivity contribution is 5.89. The predicted octanol–water partition coefficient (Wildman–Crippen LogP) is 2.69. The van der Waals surface area contributed by atoms with E-state index in [-0.39, 0.29) is 6.03 Å². The first-order valence-corrected chi connectivity index (χ1v) is 6.62. The third-order valence-electron chi connectivity index (χ3n) is 2.68. The lowest BCUT2D eigenvalue weighted by atomic mass is 10.2. The first-order chi connectivity index (χ1) is 9.56. The summed E-state index contributed by atoms with van der Waals surface area (Å²) < 4.78 is 5.03. The molecule has 0 atom stereocenters. The molecule has 20 heavy (non-hydrogen) atoms. The number of hydrogen-bond acceptors (Lipinski definition) is 3. The molecule has 0 heterocycles. The van der Waals surface area contributed by atoms with E-state index in [9.17, 15) is 4.79 Å². The second kappa shape index (κ2) is 8.18. The van der Waals surface area contributed by atoms with Gasteiger partial charge in [-0.25, -0.2) is 4.79 Å². The molecule has 0 spiro atoms. The van der Waals surface area contributed by atoms with Gasteiger partial charge in [-0.1, -0.05) is 19.9 Å². The van der Waals surface area contributed by atoms with Crippen molar-refractivity contribution >= 4 is 11.7 Å². The summed E-state index contributed by atoms with van der Waals surface area (Å²) in [7, 11) is 1.61. The fraction of sp³-hybridized carbons (Fsp3) is 0.467. The van der Waals surface area contributed by atoms with Crippen molar-refractivity contribution in [2.24, 2.45) is 5.92 Å². The van der Waals surface area contributed by atoms with Gasteiger partial charge in [0.05, 0.1) is 18.2 Å². The molecule has 0 aliphatic rings. The fourth-order valence-corrected chi connectivity index (χ4v) is 1.79. The van der Waals surface area contributed by atoms with Crippen molar-refractivity contribution < 1.29 is 9.53 Å². The van der Waals surface area contributed by atoms with E-state index >= 15 is 0 Å². The number of amides is 2.